The van der Waals surface area contributed by atoms with E-state index in [-0.39, 0.29) is 0 Å². The molecule has 0 aliphatic rings. The van der Waals surface area contributed by atoms with Crippen molar-refractivity contribution in [3.05, 3.63) is 0 Å². The molecule has 0 aromatic carbocycles. The van der Waals surface area contributed by atoms with E-state index < -0.39 is 0 Å². The van der Waals surface area contributed by atoms with E-state index in [4.69, 9.17) is 0 Å². The van der Waals surface area contributed by atoms with E-state index in [9.17, 15) is 0 Å². The molecule has 0 spiro atoms. The van der Waals surface area contributed by atoms with Crippen molar-refractivity contribution >= 4 is 22.4 Å². The van der Waals surface area contributed by atoms with Crippen LogP contribution >= 0.6 is 8.73 Å². The van der Waals surface area contributed by atoms with Crippen molar-refractivity contribution in [1.29, 1.82) is 0 Å². The van der Waals surface area contributed by atoms with Gasteiger partial charge in [-0.3, -0.25) is 0 Å². The Kier molecular flexibility index (Phi) is 3.80. The molecule has 0 fully saturated rings. The summed E-state index contributed by atoms with van der Waals surface area (Å²) in [5.41, 5.74) is 0. The molecular formula is CH5B2P. The average molecular weight is 69.6 g/mol. The molecule has 0 heterocycles. The molecule has 0 amide bonds. The van der Waals surface area contributed by atoms with E-state index in [0.717, 1.165) is 7.17 Å². The van der Waals surface area contributed by atoms with Crippen molar-refractivity contribution in [2.45, 2.75) is 6.82 Å². The van der Waals surface area contributed by atoms with Gasteiger partial charge in [0.15, 0.2) is 0 Å². The van der Waals surface area contributed by atoms with Crippen LogP contribution < -0.4 is 0 Å². The zero-order valence-electron chi connectivity index (χ0n) is 2.78. The summed E-state index contributed by atoms with van der Waals surface area (Å²) in [6.07, 6.45) is 0. The summed E-state index contributed by atoms with van der Waals surface area (Å²) in [6, 6.07) is 0. The normalized spacial score (nSPS) is 4.25. The van der Waals surface area contributed by atoms with Gasteiger partial charge in [0.25, 0.3) is 0 Å². The molecular weight excluding hydrogens is 64.6 g/mol. The van der Waals surface area contributed by atoms with Crippen LogP contribution in [-0.4, -0.2) is 13.7 Å². The van der Waals surface area contributed by atoms with Crippen LogP contribution in [0.1, 0.15) is 0 Å². The first kappa shape index (κ1) is 4.43. The van der Waals surface area contributed by atoms with Crippen LogP contribution in [0, 0.1) is 0 Å². The van der Waals surface area contributed by atoms with Crippen LogP contribution in [0.4, 0.5) is 0 Å². The molecule has 0 aliphatic heterocycles. The van der Waals surface area contributed by atoms with Gasteiger partial charge in [-0.25, -0.2) is 0 Å². The van der Waals surface area contributed by atoms with Crippen molar-refractivity contribution < 1.29 is 0 Å². The van der Waals surface area contributed by atoms with E-state index in [1.165, 1.54) is 0 Å². The summed E-state index contributed by atoms with van der Waals surface area (Å²) in [5, 5.41) is 0. The first-order chi connectivity index (χ1) is 1.91. The van der Waals surface area contributed by atoms with Crippen molar-refractivity contribution in [2.75, 3.05) is 0 Å². The fourth-order valence-corrected chi connectivity index (χ4v) is 0. The molecule has 4 heavy (non-hydrogen) atoms. The van der Waals surface area contributed by atoms with Crippen LogP contribution in [0.2, 0.25) is 6.82 Å². The van der Waals surface area contributed by atoms with E-state index >= 15 is 0 Å². The van der Waals surface area contributed by atoms with Crippen LogP contribution in [-0.2, 0) is 0 Å². The van der Waals surface area contributed by atoms with Gasteiger partial charge in [0.2, 0.25) is 0 Å². The molecule has 3 heteroatoms. The van der Waals surface area contributed by atoms with Crippen LogP contribution in [0.5, 0.6) is 0 Å². The topological polar surface area (TPSA) is 0 Å². The Morgan fingerprint density at radius 2 is 2.25 bits per heavy atom. The average Bonchev–Trinajstić information content (AvgIpc) is 1.37. The maximum absolute atomic E-state index is 3.16. The quantitative estimate of drug-likeness (QED) is 0.304. The second-order valence-electron chi connectivity index (χ2n) is 0.612. The third-order valence-electron chi connectivity index (χ3n) is 0.204. The van der Waals surface area contributed by atoms with Gasteiger partial charge in [-0.05, 0) is 0 Å². The van der Waals surface area contributed by atoms with Crippen molar-refractivity contribution in [3.63, 3.8) is 0 Å². The Hall–Kier alpha value is 0.430. The molecule has 0 radical (unpaired) electrons. The van der Waals surface area contributed by atoms with Crippen molar-refractivity contribution in [2.24, 2.45) is 0 Å². The Morgan fingerprint density at radius 3 is 2.25 bits per heavy atom. The van der Waals surface area contributed by atoms with Gasteiger partial charge < -0.3 is 0 Å². The zero-order chi connectivity index (χ0) is 3.41. The molecule has 0 aromatic rings. The van der Waals surface area contributed by atoms with Crippen LogP contribution in [0.3, 0.4) is 0 Å². The van der Waals surface area contributed by atoms with E-state index in [2.05, 4.69) is 15.6 Å². The molecule has 20 valence electrons. The van der Waals surface area contributed by atoms with E-state index in [1.54, 1.807) is 0 Å². The molecule has 0 nitrogen and oxygen atoms in total. The summed E-state index contributed by atoms with van der Waals surface area (Å²) >= 11 is 0. The molecule has 0 rings (SSSR count). The van der Waals surface area contributed by atoms with Gasteiger partial charge in [-0.1, -0.05) is 0 Å². The van der Waals surface area contributed by atoms with Crippen molar-refractivity contribution in [1.82, 2.24) is 0 Å². The molecule has 0 saturated carbocycles. The monoisotopic (exact) mass is 70.0 g/mol. The second kappa shape index (κ2) is 3.43. The zero-order valence-corrected chi connectivity index (χ0v) is 3.78. The fraction of sp³-hybridized carbons (Fsp3) is 1.00. The Balaban J connectivity index is 2.30. The van der Waals surface area contributed by atoms with Crippen LogP contribution in [0.15, 0.2) is 0 Å². The second-order valence-corrected chi connectivity index (χ2v) is 1.02. The van der Waals surface area contributed by atoms with E-state index in [1.807, 2.05) is 6.51 Å². The molecule has 0 bridgehead atoms. The van der Waals surface area contributed by atoms with Gasteiger partial charge in [0.05, 0.1) is 0 Å². The number of hydrogen-bond acceptors (Lipinski definition) is 0. The third-order valence-corrected chi connectivity index (χ3v) is 0.612. The van der Waals surface area contributed by atoms with Gasteiger partial charge in [-0.15, -0.1) is 0 Å². The maximum atomic E-state index is 3.16. The minimum absolute atomic E-state index is 1.11. The SMILES string of the molecule is CBB=P. The number of hydrogen-bond donors (Lipinski definition) is 0. The predicted molar refractivity (Wildman–Crippen MR) is 27.1 cm³/mol. The Labute approximate surface area is 30.2 Å². The molecule has 0 aliphatic carbocycles. The Bertz CT molecular complexity index is 20.0. The van der Waals surface area contributed by atoms with Gasteiger partial charge in [0.1, 0.15) is 0 Å². The third kappa shape index (κ3) is 2.43. The Morgan fingerprint density at radius 1 is 2.00 bits per heavy atom. The molecule has 0 N–H and O–H groups in total. The summed E-state index contributed by atoms with van der Waals surface area (Å²) in [6.45, 7) is 4.01. The minimum atomic E-state index is 1.11. The van der Waals surface area contributed by atoms with E-state index in [0.29, 0.717) is 0 Å². The van der Waals surface area contributed by atoms with Gasteiger partial charge >= 0.3 is 29.2 Å². The molecule has 0 aromatic heterocycles. The fourth-order valence-electron chi connectivity index (χ4n) is 0. The van der Waals surface area contributed by atoms with Gasteiger partial charge in [-0.2, -0.15) is 0 Å². The summed E-state index contributed by atoms with van der Waals surface area (Å²) in [5.74, 6) is 0. The summed E-state index contributed by atoms with van der Waals surface area (Å²) in [7, 11) is 4.27. The number of rotatable bonds is 1. The van der Waals surface area contributed by atoms with Gasteiger partial charge in [0, 0.05) is 0 Å². The molecule has 0 saturated heterocycles. The van der Waals surface area contributed by atoms with Crippen molar-refractivity contribution in [3.8, 4) is 0 Å². The predicted octanol–water partition coefficient (Wildman–Crippen LogP) is 0.148. The first-order valence-electron chi connectivity index (χ1n) is 1.40. The first-order valence-corrected chi connectivity index (χ1v) is 1.98. The molecule has 0 atom stereocenters. The summed E-state index contributed by atoms with van der Waals surface area (Å²) < 4.78 is 0. The standard InChI is InChI=1S/CH5B2P/c1-2-3-4/h2,4H,1H3. The van der Waals surface area contributed by atoms with Crippen LogP contribution in [0.25, 0.3) is 0 Å². The molecule has 0 unspecified atom stereocenters. The summed E-state index contributed by atoms with van der Waals surface area (Å²) in [4.78, 5) is 0.